The molecule has 0 radical (unpaired) electrons. The Kier molecular flexibility index (Phi) is 4.62. The molecule has 2 atom stereocenters. The highest BCUT2D eigenvalue weighted by molar-refractivity contribution is 5.86. The summed E-state index contributed by atoms with van der Waals surface area (Å²) in [4.78, 5) is 12.2. The summed E-state index contributed by atoms with van der Waals surface area (Å²) in [5.74, 6) is 1.37. The van der Waals surface area contributed by atoms with Crippen LogP contribution in [0, 0.1) is 11.8 Å². The molecular formula is C14H26N2O2. The average molecular weight is 254 g/mol. The molecule has 1 heterocycles. The summed E-state index contributed by atoms with van der Waals surface area (Å²) in [6.07, 6.45) is 6.44. The lowest BCUT2D eigenvalue weighted by Gasteiger charge is -2.34. The van der Waals surface area contributed by atoms with E-state index in [1.807, 2.05) is 0 Å². The molecule has 2 rings (SSSR count). The third-order valence-corrected chi connectivity index (χ3v) is 4.65. The average Bonchev–Trinajstić information content (AvgIpc) is 2.38. The molecule has 0 spiro atoms. The van der Waals surface area contributed by atoms with E-state index in [0.717, 1.165) is 12.5 Å². The van der Waals surface area contributed by atoms with E-state index in [4.69, 9.17) is 10.5 Å². The van der Waals surface area contributed by atoms with E-state index in [1.165, 1.54) is 25.7 Å². The topological polar surface area (TPSA) is 64.4 Å². The number of ether oxygens (including phenoxy) is 1. The van der Waals surface area contributed by atoms with Crippen LogP contribution in [0.2, 0.25) is 0 Å². The van der Waals surface area contributed by atoms with Crippen molar-refractivity contribution >= 4 is 5.91 Å². The molecule has 104 valence electrons. The summed E-state index contributed by atoms with van der Waals surface area (Å²) in [6.45, 7) is 4.29. The number of nitrogens with two attached hydrogens (primary N) is 1. The fourth-order valence-corrected chi connectivity index (χ4v) is 3.06. The van der Waals surface area contributed by atoms with Crippen LogP contribution in [0.15, 0.2) is 0 Å². The minimum Gasteiger partial charge on any atom is -0.381 e. The van der Waals surface area contributed by atoms with Crippen molar-refractivity contribution in [1.29, 1.82) is 0 Å². The molecule has 4 heteroatoms. The molecule has 1 saturated carbocycles. The van der Waals surface area contributed by atoms with Crippen LogP contribution >= 0.6 is 0 Å². The molecule has 1 saturated heterocycles. The standard InChI is InChI=1S/C14H26N2O2/c1-11-4-2-3-5-12(11)10-16-13(17)14(15)6-8-18-9-7-14/h11-12H,2-10,15H2,1H3,(H,16,17). The Morgan fingerprint density at radius 2 is 2.00 bits per heavy atom. The van der Waals surface area contributed by atoms with E-state index in [-0.39, 0.29) is 5.91 Å². The number of carbonyl (C=O) groups is 1. The van der Waals surface area contributed by atoms with Gasteiger partial charge in [0, 0.05) is 19.8 Å². The number of nitrogens with one attached hydrogen (secondary N) is 1. The molecule has 2 aliphatic rings. The Bertz CT molecular complexity index is 288. The van der Waals surface area contributed by atoms with E-state index in [2.05, 4.69) is 12.2 Å². The van der Waals surface area contributed by atoms with Crippen molar-refractivity contribution in [2.75, 3.05) is 19.8 Å². The molecule has 2 unspecified atom stereocenters. The van der Waals surface area contributed by atoms with E-state index in [1.54, 1.807) is 0 Å². The first-order valence-electron chi connectivity index (χ1n) is 7.27. The molecule has 0 aromatic rings. The van der Waals surface area contributed by atoms with E-state index in [9.17, 15) is 4.79 Å². The minimum atomic E-state index is -0.698. The fourth-order valence-electron chi connectivity index (χ4n) is 3.06. The Balaban J connectivity index is 1.80. The highest BCUT2D eigenvalue weighted by atomic mass is 16.5. The lowest BCUT2D eigenvalue weighted by Crippen LogP contribution is -2.57. The zero-order chi connectivity index (χ0) is 13.0. The summed E-state index contributed by atoms with van der Waals surface area (Å²) < 4.78 is 5.27. The molecule has 0 aromatic heterocycles. The highest BCUT2D eigenvalue weighted by Gasteiger charge is 2.36. The molecule has 18 heavy (non-hydrogen) atoms. The monoisotopic (exact) mass is 254 g/mol. The van der Waals surface area contributed by atoms with Crippen molar-refractivity contribution in [3.8, 4) is 0 Å². The first-order chi connectivity index (χ1) is 8.62. The summed E-state index contributed by atoms with van der Waals surface area (Å²) in [5.41, 5.74) is 5.46. The van der Waals surface area contributed by atoms with Crippen molar-refractivity contribution in [3.63, 3.8) is 0 Å². The quantitative estimate of drug-likeness (QED) is 0.801. The number of carbonyl (C=O) groups excluding carboxylic acids is 1. The van der Waals surface area contributed by atoms with Gasteiger partial charge in [0.25, 0.3) is 0 Å². The van der Waals surface area contributed by atoms with Gasteiger partial charge in [-0.15, -0.1) is 0 Å². The molecule has 3 N–H and O–H groups in total. The van der Waals surface area contributed by atoms with Gasteiger partial charge in [0.15, 0.2) is 0 Å². The van der Waals surface area contributed by atoms with Crippen molar-refractivity contribution < 1.29 is 9.53 Å². The van der Waals surface area contributed by atoms with Crippen LogP contribution in [-0.2, 0) is 9.53 Å². The van der Waals surface area contributed by atoms with Crippen LogP contribution in [0.1, 0.15) is 45.4 Å². The maximum Gasteiger partial charge on any atom is 0.240 e. The molecule has 1 aliphatic heterocycles. The molecule has 1 amide bonds. The predicted octanol–water partition coefficient (Wildman–Crippen LogP) is 1.44. The molecule has 0 aromatic carbocycles. The van der Waals surface area contributed by atoms with Crippen LogP contribution in [0.4, 0.5) is 0 Å². The largest absolute Gasteiger partial charge is 0.381 e. The van der Waals surface area contributed by atoms with Crippen LogP contribution in [-0.4, -0.2) is 31.2 Å². The maximum absolute atomic E-state index is 12.2. The van der Waals surface area contributed by atoms with Gasteiger partial charge in [-0.3, -0.25) is 4.79 Å². The van der Waals surface area contributed by atoms with E-state index in [0.29, 0.717) is 32.0 Å². The van der Waals surface area contributed by atoms with Gasteiger partial charge in [0.05, 0.1) is 5.54 Å². The minimum absolute atomic E-state index is 0.0172. The first-order valence-corrected chi connectivity index (χ1v) is 7.27. The lowest BCUT2D eigenvalue weighted by molar-refractivity contribution is -0.130. The Labute approximate surface area is 110 Å². The molecule has 2 fully saturated rings. The van der Waals surface area contributed by atoms with Crippen LogP contribution in [0.5, 0.6) is 0 Å². The van der Waals surface area contributed by atoms with Crippen molar-refractivity contribution in [3.05, 3.63) is 0 Å². The zero-order valence-electron chi connectivity index (χ0n) is 11.4. The number of amides is 1. The summed E-state index contributed by atoms with van der Waals surface area (Å²) >= 11 is 0. The van der Waals surface area contributed by atoms with Crippen molar-refractivity contribution in [2.24, 2.45) is 17.6 Å². The van der Waals surface area contributed by atoms with Crippen LogP contribution in [0.25, 0.3) is 0 Å². The maximum atomic E-state index is 12.2. The van der Waals surface area contributed by atoms with Gasteiger partial charge < -0.3 is 15.8 Å². The Morgan fingerprint density at radius 1 is 1.33 bits per heavy atom. The number of rotatable bonds is 3. The second kappa shape index (κ2) is 6.02. The number of hydrogen-bond donors (Lipinski definition) is 2. The first kappa shape index (κ1) is 13.8. The Morgan fingerprint density at radius 3 is 2.67 bits per heavy atom. The fraction of sp³-hybridized carbons (Fsp3) is 0.929. The lowest BCUT2D eigenvalue weighted by atomic mass is 9.80. The van der Waals surface area contributed by atoms with Gasteiger partial charge >= 0.3 is 0 Å². The molecule has 1 aliphatic carbocycles. The molecular weight excluding hydrogens is 228 g/mol. The van der Waals surface area contributed by atoms with Crippen molar-refractivity contribution in [1.82, 2.24) is 5.32 Å². The van der Waals surface area contributed by atoms with Gasteiger partial charge in [0.1, 0.15) is 0 Å². The van der Waals surface area contributed by atoms with E-state index < -0.39 is 5.54 Å². The summed E-state index contributed by atoms with van der Waals surface area (Å²) in [6, 6.07) is 0. The summed E-state index contributed by atoms with van der Waals surface area (Å²) in [7, 11) is 0. The normalized spacial score (nSPS) is 31.9. The zero-order valence-corrected chi connectivity index (χ0v) is 11.4. The highest BCUT2D eigenvalue weighted by Crippen LogP contribution is 2.29. The van der Waals surface area contributed by atoms with E-state index >= 15 is 0 Å². The summed E-state index contributed by atoms with van der Waals surface area (Å²) in [5, 5.41) is 3.07. The third kappa shape index (κ3) is 3.23. The van der Waals surface area contributed by atoms with Crippen LogP contribution < -0.4 is 11.1 Å². The third-order valence-electron chi connectivity index (χ3n) is 4.65. The molecule has 0 bridgehead atoms. The van der Waals surface area contributed by atoms with Gasteiger partial charge in [0.2, 0.25) is 5.91 Å². The second-order valence-corrected chi connectivity index (χ2v) is 6.00. The van der Waals surface area contributed by atoms with Crippen LogP contribution in [0.3, 0.4) is 0 Å². The number of hydrogen-bond acceptors (Lipinski definition) is 3. The Hall–Kier alpha value is -0.610. The SMILES string of the molecule is CC1CCCCC1CNC(=O)C1(N)CCOCC1. The van der Waals surface area contributed by atoms with Gasteiger partial charge in [-0.25, -0.2) is 0 Å². The smallest absolute Gasteiger partial charge is 0.240 e. The molecule has 4 nitrogen and oxygen atoms in total. The predicted molar refractivity (Wildman–Crippen MR) is 71.1 cm³/mol. The van der Waals surface area contributed by atoms with Gasteiger partial charge in [-0.05, 0) is 31.1 Å². The van der Waals surface area contributed by atoms with Gasteiger partial charge in [-0.2, -0.15) is 0 Å². The second-order valence-electron chi connectivity index (χ2n) is 6.00. The van der Waals surface area contributed by atoms with Crippen molar-refractivity contribution in [2.45, 2.75) is 51.0 Å². The van der Waals surface area contributed by atoms with Gasteiger partial charge in [-0.1, -0.05) is 26.2 Å².